The summed E-state index contributed by atoms with van der Waals surface area (Å²) in [6.07, 6.45) is 1.50. The molecule has 6 heteroatoms. The van der Waals surface area contributed by atoms with Crippen LogP contribution in [0.1, 0.15) is 80.1 Å². The molecule has 1 heterocycles. The minimum atomic E-state index is -1.11. The van der Waals surface area contributed by atoms with E-state index in [1.807, 2.05) is 27.7 Å². The van der Waals surface area contributed by atoms with Crippen LogP contribution < -0.4 is 0 Å². The van der Waals surface area contributed by atoms with E-state index in [1.54, 1.807) is 6.92 Å². The first-order valence-corrected chi connectivity index (χ1v) is 12.0. The van der Waals surface area contributed by atoms with Crippen molar-refractivity contribution < 1.29 is 29.6 Å². The van der Waals surface area contributed by atoms with E-state index in [4.69, 9.17) is 9.47 Å². The van der Waals surface area contributed by atoms with Gasteiger partial charge in [0, 0.05) is 24.2 Å². The van der Waals surface area contributed by atoms with Crippen LogP contribution in [0.2, 0.25) is 0 Å². The molecule has 31 heavy (non-hydrogen) atoms. The first-order valence-electron chi connectivity index (χ1n) is 12.0. The van der Waals surface area contributed by atoms with Gasteiger partial charge in [-0.3, -0.25) is 4.79 Å². The molecule has 1 saturated carbocycles. The molecule has 0 aromatic heterocycles. The Morgan fingerprint density at radius 3 is 2.52 bits per heavy atom. The minimum absolute atomic E-state index is 0.0192. The predicted octanol–water partition coefficient (Wildman–Crippen LogP) is 3.37. The molecule has 6 nitrogen and oxygen atoms in total. The van der Waals surface area contributed by atoms with Crippen molar-refractivity contribution in [2.24, 2.45) is 23.2 Å². The van der Waals surface area contributed by atoms with Crippen molar-refractivity contribution in [3.05, 3.63) is 11.1 Å². The minimum Gasteiger partial charge on any atom is -0.458 e. The molecule has 3 aliphatic rings. The van der Waals surface area contributed by atoms with Gasteiger partial charge in [0.2, 0.25) is 0 Å². The van der Waals surface area contributed by atoms with Gasteiger partial charge in [0.15, 0.2) is 0 Å². The average Bonchev–Trinajstić information content (AvgIpc) is 2.62. The van der Waals surface area contributed by atoms with Gasteiger partial charge in [0.05, 0.1) is 30.5 Å². The second-order valence-electron chi connectivity index (χ2n) is 10.9. The molecular weight excluding hydrogens is 396 g/mol. The Balaban J connectivity index is 1.95. The van der Waals surface area contributed by atoms with Crippen LogP contribution in [0.25, 0.3) is 0 Å². The standard InChI is InChI=1S/C25H42O6/c1-7-8-22(28)31-21-12-25(29)11-17(18-13-30-20(18)10-15(3)26)14(2)9-19(27)23(16(21)4)24(25,5)6/h14-15,17-21,26-27,29H,7-13H2,1-6H3/t14?,15?,17?,18?,19?,20?,21-,25-/m0/s1. The predicted molar refractivity (Wildman–Crippen MR) is 118 cm³/mol. The van der Waals surface area contributed by atoms with E-state index in [-0.39, 0.29) is 29.8 Å². The fourth-order valence-electron chi connectivity index (χ4n) is 6.33. The zero-order chi connectivity index (χ0) is 23.1. The summed E-state index contributed by atoms with van der Waals surface area (Å²) in [4.78, 5) is 12.3. The summed E-state index contributed by atoms with van der Waals surface area (Å²) < 4.78 is 11.6. The number of hydrogen-bond acceptors (Lipinski definition) is 6. The fraction of sp³-hybridized carbons (Fsp3) is 0.880. The Morgan fingerprint density at radius 2 is 1.97 bits per heavy atom. The highest BCUT2D eigenvalue weighted by Crippen LogP contribution is 2.56. The Hall–Kier alpha value is -0.950. The van der Waals surface area contributed by atoms with Crippen molar-refractivity contribution in [2.45, 2.75) is 110 Å². The lowest BCUT2D eigenvalue weighted by atomic mass is 9.53. The van der Waals surface area contributed by atoms with Crippen LogP contribution in [0.5, 0.6) is 0 Å². The molecule has 8 atom stereocenters. The summed E-state index contributed by atoms with van der Waals surface area (Å²) in [7, 11) is 0. The molecule has 2 aliphatic carbocycles. The topological polar surface area (TPSA) is 96.2 Å². The van der Waals surface area contributed by atoms with Crippen LogP contribution in [-0.4, -0.2) is 57.9 Å². The maximum atomic E-state index is 12.3. The number of aliphatic hydroxyl groups is 3. The van der Waals surface area contributed by atoms with Crippen molar-refractivity contribution in [2.75, 3.05) is 6.61 Å². The summed E-state index contributed by atoms with van der Waals surface area (Å²) in [5.41, 5.74) is -0.0282. The van der Waals surface area contributed by atoms with Crippen molar-refractivity contribution >= 4 is 5.97 Å². The third kappa shape index (κ3) is 4.59. The van der Waals surface area contributed by atoms with Gasteiger partial charge < -0.3 is 24.8 Å². The van der Waals surface area contributed by atoms with E-state index < -0.39 is 29.3 Å². The molecule has 6 unspecified atom stereocenters. The largest absolute Gasteiger partial charge is 0.458 e. The number of rotatable bonds is 6. The Labute approximate surface area is 187 Å². The summed E-state index contributed by atoms with van der Waals surface area (Å²) in [6.45, 7) is 12.4. The van der Waals surface area contributed by atoms with Crippen molar-refractivity contribution in [3.8, 4) is 0 Å². The van der Waals surface area contributed by atoms with Crippen LogP contribution >= 0.6 is 0 Å². The summed E-state index contributed by atoms with van der Waals surface area (Å²) >= 11 is 0. The zero-order valence-electron chi connectivity index (χ0n) is 20.1. The lowest BCUT2D eigenvalue weighted by molar-refractivity contribution is -0.190. The molecule has 1 saturated heterocycles. The lowest BCUT2D eigenvalue weighted by Gasteiger charge is -2.57. The van der Waals surface area contributed by atoms with Crippen LogP contribution in [0.15, 0.2) is 11.1 Å². The van der Waals surface area contributed by atoms with Crippen LogP contribution in [0.3, 0.4) is 0 Å². The average molecular weight is 439 g/mol. The molecule has 0 amide bonds. The molecule has 3 rings (SSSR count). The van der Waals surface area contributed by atoms with E-state index in [9.17, 15) is 20.1 Å². The van der Waals surface area contributed by atoms with Gasteiger partial charge in [-0.25, -0.2) is 0 Å². The van der Waals surface area contributed by atoms with Gasteiger partial charge in [-0.1, -0.05) is 27.7 Å². The Bertz CT molecular complexity index is 698. The SMILES string of the molecule is CCCC(=O)O[C@H]1C[C@@]2(O)CC(C3COC3CC(C)O)C(C)CC(O)C(=C1C)C2(C)C. The van der Waals surface area contributed by atoms with Gasteiger partial charge in [0.25, 0.3) is 0 Å². The van der Waals surface area contributed by atoms with E-state index in [2.05, 4.69) is 6.92 Å². The second kappa shape index (κ2) is 9.12. The number of fused-ring (bicyclic) bond motifs is 2. The first kappa shape index (κ1) is 24.7. The van der Waals surface area contributed by atoms with Gasteiger partial charge in [0.1, 0.15) is 6.10 Å². The summed E-state index contributed by atoms with van der Waals surface area (Å²) in [5.74, 6) is 0.341. The quantitative estimate of drug-likeness (QED) is 0.435. The number of carbonyl (C=O) groups excluding carboxylic acids is 1. The third-order valence-electron chi connectivity index (χ3n) is 8.33. The van der Waals surface area contributed by atoms with Gasteiger partial charge in [-0.05, 0) is 62.5 Å². The Morgan fingerprint density at radius 1 is 1.29 bits per heavy atom. The maximum absolute atomic E-state index is 12.3. The highest BCUT2D eigenvalue weighted by Gasteiger charge is 2.58. The first-order chi connectivity index (χ1) is 14.4. The molecule has 2 fully saturated rings. The number of carbonyl (C=O) groups is 1. The number of ether oxygens (including phenoxy) is 2. The summed E-state index contributed by atoms with van der Waals surface area (Å²) in [5, 5.41) is 33.2. The molecule has 0 aromatic carbocycles. The smallest absolute Gasteiger partial charge is 0.306 e. The van der Waals surface area contributed by atoms with Gasteiger partial charge >= 0.3 is 5.97 Å². The maximum Gasteiger partial charge on any atom is 0.306 e. The molecule has 2 bridgehead atoms. The molecule has 1 aliphatic heterocycles. The highest BCUT2D eigenvalue weighted by atomic mass is 16.5. The third-order valence-corrected chi connectivity index (χ3v) is 8.33. The van der Waals surface area contributed by atoms with Crippen molar-refractivity contribution in [3.63, 3.8) is 0 Å². The Kier molecular flexibility index (Phi) is 7.27. The molecule has 0 aromatic rings. The summed E-state index contributed by atoms with van der Waals surface area (Å²) in [6, 6.07) is 0. The van der Waals surface area contributed by atoms with E-state index >= 15 is 0 Å². The zero-order valence-corrected chi connectivity index (χ0v) is 20.1. The molecule has 178 valence electrons. The number of aliphatic hydroxyl groups excluding tert-OH is 2. The van der Waals surface area contributed by atoms with Gasteiger partial charge in [-0.2, -0.15) is 0 Å². The second-order valence-corrected chi connectivity index (χ2v) is 10.9. The molecule has 0 radical (unpaired) electrons. The molecule has 0 spiro atoms. The van der Waals surface area contributed by atoms with Crippen molar-refractivity contribution in [1.82, 2.24) is 0 Å². The van der Waals surface area contributed by atoms with Crippen LogP contribution in [0, 0.1) is 23.2 Å². The van der Waals surface area contributed by atoms with Gasteiger partial charge in [-0.15, -0.1) is 0 Å². The van der Waals surface area contributed by atoms with E-state index in [0.717, 1.165) is 11.1 Å². The van der Waals surface area contributed by atoms with E-state index in [1.165, 1.54) is 0 Å². The fourth-order valence-corrected chi connectivity index (χ4v) is 6.33. The monoisotopic (exact) mass is 438 g/mol. The number of hydrogen-bond donors (Lipinski definition) is 3. The normalized spacial score (nSPS) is 41.1. The number of esters is 1. The highest BCUT2D eigenvalue weighted by molar-refractivity contribution is 5.70. The van der Waals surface area contributed by atoms with Crippen LogP contribution in [0.4, 0.5) is 0 Å². The van der Waals surface area contributed by atoms with E-state index in [0.29, 0.717) is 45.1 Å². The lowest BCUT2D eigenvalue weighted by Crippen LogP contribution is -2.59. The molecule has 3 N–H and O–H groups in total. The molecular formula is C25H42O6. The van der Waals surface area contributed by atoms with Crippen molar-refractivity contribution in [1.29, 1.82) is 0 Å². The van der Waals surface area contributed by atoms with Crippen LogP contribution in [-0.2, 0) is 14.3 Å².